The molecule has 0 amide bonds. The van der Waals surface area contributed by atoms with E-state index in [-0.39, 0.29) is 11.3 Å². The second kappa shape index (κ2) is 12.2. The van der Waals surface area contributed by atoms with Crippen molar-refractivity contribution in [1.29, 1.82) is 0 Å². The van der Waals surface area contributed by atoms with Gasteiger partial charge in [-0.2, -0.15) is 0 Å². The molecule has 5 nitrogen and oxygen atoms in total. The van der Waals surface area contributed by atoms with Gasteiger partial charge in [-0.3, -0.25) is 4.79 Å². The summed E-state index contributed by atoms with van der Waals surface area (Å²) in [6, 6.07) is 5.60. The van der Waals surface area contributed by atoms with Gasteiger partial charge < -0.3 is 19.8 Å². The Kier molecular flexibility index (Phi) is 9.70. The molecular weight excluding hydrogens is 388 g/mol. The largest absolute Gasteiger partial charge is 0.488 e. The molecule has 1 heterocycles. The number of rotatable bonds is 12. The fraction of sp³-hybridized carbons (Fsp3) is 0.500. The lowest BCUT2D eigenvalue weighted by atomic mass is 10.1. The van der Waals surface area contributed by atoms with Crippen molar-refractivity contribution in [1.82, 2.24) is 4.57 Å². The van der Waals surface area contributed by atoms with Crippen LogP contribution >= 0.6 is 0 Å². The topological polar surface area (TPSA) is 66.5 Å². The number of aromatic nitrogens is 1. The molecule has 0 bridgehead atoms. The fourth-order valence-corrected chi connectivity index (χ4v) is 3.62. The van der Waals surface area contributed by atoms with Crippen LogP contribution in [0.1, 0.15) is 66.2 Å². The van der Waals surface area contributed by atoms with E-state index in [0.29, 0.717) is 24.6 Å². The Morgan fingerprint density at radius 1 is 1.10 bits per heavy atom. The minimum Gasteiger partial charge on any atom is -0.488 e. The molecule has 1 aromatic heterocycles. The summed E-state index contributed by atoms with van der Waals surface area (Å²) in [6.45, 7) is 9.52. The van der Waals surface area contributed by atoms with Gasteiger partial charge in [0.1, 0.15) is 6.61 Å². The lowest BCUT2D eigenvalue weighted by molar-refractivity contribution is 0.324. The number of anilines is 1. The first-order valence-electron chi connectivity index (χ1n) is 11.3. The van der Waals surface area contributed by atoms with Crippen LogP contribution in [0.3, 0.4) is 0 Å². The predicted molar refractivity (Wildman–Crippen MR) is 131 cm³/mol. The van der Waals surface area contributed by atoms with Crippen LogP contribution in [0.25, 0.3) is 10.9 Å². The molecule has 5 heteroatoms. The first kappa shape index (κ1) is 24.6. The van der Waals surface area contributed by atoms with Gasteiger partial charge in [-0.1, -0.05) is 43.4 Å². The molecule has 2 aromatic rings. The smallest absolute Gasteiger partial charge is 0.297 e. The second-order valence-electron chi connectivity index (χ2n) is 8.34. The molecule has 1 aromatic carbocycles. The van der Waals surface area contributed by atoms with Crippen molar-refractivity contribution in [3.8, 4) is 11.5 Å². The average Bonchev–Trinajstić information content (AvgIpc) is 2.72. The number of nitrogen functional groups attached to an aromatic ring is 1. The highest BCUT2D eigenvalue weighted by molar-refractivity contribution is 5.90. The maximum atomic E-state index is 13.2. The van der Waals surface area contributed by atoms with Crippen LogP contribution in [-0.2, 0) is 6.54 Å². The normalized spacial score (nSPS) is 11.6. The monoisotopic (exact) mass is 426 g/mol. The summed E-state index contributed by atoms with van der Waals surface area (Å²) < 4.78 is 13.4. The van der Waals surface area contributed by atoms with Crippen LogP contribution in [0.5, 0.6) is 11.5 Å². The SMILES string of the molecule is CCCCCCn1c(=O)c(OC)c(OCC=C(C)CCC=C(C)C)c2ccc(N)cc21. The van der Waals surface area contributed by atoms with Crippen LogP contribution < -0.4 is 20.8 Å². The summed E-state index contributed by atoms with van der Waals surface area (Å²) in [4.78, 5) is 13.2. The highest BCUT2D eigenvalue weighted by atomic mass is 16.5. The van der Waals surface area contributed by atoms with Crippen molar-refractivity contribution < 1.29 is 9.47 Å². The van der Waals surface area contributed by atoms with Crippen LogP contribution in [0.2, 0.25) is 0 Å². The Bertz CT molecular complexity index is 982. The number of allylic oxidation sites excluding steroid dienone is 3. The van der Waals surface area contributed by atoms with E-state index in [9.17, 15) is 4.79 Å². The number of nitrogens with zero attached hydrogens (tertiary/aromatic N) is 1. The second-order valence-corrected chi connectivity index (χ2v) is 8.34. The zero-order valence-electron chi connectivity index (χ0n) is 19.8. The Balaban J connectivity index is 2.34. The van der Waals surface area contributed by atoms with E-state index in [1.54, 1.807) is 4.57 Å². The maximum Gasteiger partial charge on any atom is 0.297 e. The summed E-state index contributed by atoms with van der Waals surface area (Å²) in [5, 5.41) is 0.844. The Morgan fingerprint density at radius 3 is 2.55 bits per heavy atom. The first-order valence-corrected chi connectivity index (χ1v) is 11.3. The molecule has 0 saturated heterocycles. The molecule has 31 heavy (non-hydrogen) atoms. The molecule has 0 aliphatic heterocycles. The Hall–Kier alpha value is -2.69. The van der Waals surface area contributed by atoms with Crippen molar-refractivity contribution in [2.24, 2.45) is 0 Å². The van der Waals surface area contributed by atoms with Crippen molar-refractivity contribution in [2.75, 3.05) is 19.5 Å². The lowest BCUT2D eigenvalue weighted by Crippen LogP contribution is -2.23. The van der Waals surface area contributed by atoms with Crippen LogP contribution in [0.4, 0.5) is 5.69 Å². The predicted octanol–water partition coefficient (Wildman–Crippen LogP) is 6.24. The van der Waals surface area contributed by atoms with E-state index in [1.807, 2.05) is 18.2 Å². The third-order valence-electron chi connectivity index (χ3n) is 5.39. The maximum absolute atomic E-state index is 13.2. The van der Waals surface area contributed by atoms with Gasteiger partial charge in [-0.25, -0.2) is 0 Å². The molecule has 2 rings (SSSR count). The molecule has 0 atom stereocenters. The van der Waals surface area contributed by atoms with Gasteiger partial charge in [0.2, 0.25) is 5.75 Å². The standard InChI is InChI=1S/C26H38N2O3/c1-6-7-8-9-16-28-23-18-21(27)13-14-22(23)24(25(30-5)26(28)29)31-17-15-20(4)12-10-11-19(2)3/h11,13-15,18H,6-10,12,16-17,27H2,1-5H3. The minimum absolute atomic E-state index is 0.170. The number of ether oxygens (including phenoxy) is 2. The summed E-state index contributed by atoms with van der Waals surface area (Å²) >= 11 is 0. The molecule has 0 aliphatic rings. The third kappa shape index (κ3) is 6.91. The van der Waals surface area contributed by atoms with E-state index in [4.69, 9.17) is 15.2 Å². The highest BCUT2D eigenvalue weighted by Crippen LogP contribution is 2.34. The fourth-order valence-electron chi connectivity index (χ4n) is 3.62. The minimum atomic E-state index is -0.170. The van der Waals surface area contributed by atoms with Crippen molar-refractivity contribution in [3.05, 3.63) is 51.9 Å². The van der Waals surface area contributed by atoms with Gasteiger partial charge in [0.15, 0.2) is 5.75 Å². The molecule has 0 unspecified atom stereocenters. The van der Waals surface area contributed by atoms with Gasteiger partial charge in [0, 0.05) is 17.6 Å². The first-order chi connectivity index (χ1) is 14.9. The third-order valence-corrected chi connectivity index (χ3v) is 5.39. The highest BCUT2D eigenvalue weighted by Gasteiger charge is 2.19. The molecule has 0 aliphatic carbocycles. The Morgan fingerprint density at radius 2 is 1.87 bits per heavy atom. The quantitative estimate of drug-likeness (QED) is 0.248. The zero-order chi connectivity index (χ0) is 22.8. The number of methoxy groups -OCH3 is 1. The number of aryl methyl sites for hydroxylation is 1. The van der Waals surface area contributed by atoms with Crippen molar-refractivity contribution in [2.45, 2.75) is 72.8 Å². The molecule has 0 spiro atoms. The summed E-state index contributed by atoms with van der Waals surface area (Å²) in [7, 11) is 1.52. The molecular formula is C26H38N2O3. The van der Waals surface area contributed by atoms with E-state index in [2.05, 4.69) is 39.8 Å². The number of nitrogens with two attached hydrogens (primary N) is 1. The van der Waals surface area contributed by atoms with Crippen LogP contribution in [-0.4, -0.2) is 18.3 Å². The average molecular weight is 427 g/mol. The van der Waals surface area contributed by atoms with Crippen molar-refractivity contribution >= 4 is 16.6 Å². The summed E-state index contributed by atoms with van der Waals surface area (Å²) in [6.07, 6.45) is 10.6. The molecule has 0 fully saturated rings. The van der Waals surface area contributed by atoms with Gasteiger partial charge in [-0.05, 0) is 64.3 Å². The Labute approximate surface area is 186 Å². The van der Waals surface area contributed by atoms with E-state index in [1.165, 1.54) is 18.3 Å². The molecule has 2 N–H and O–H groups in total. The number of unbranched alkanes of at least 4 members (excludes halogenated alkanes) is 3. The lowest BCUT2D eigenvalue weighted by Gasteiger charge is -2.17. The zero-order valence-corrected chi connectivity index (χ0v) is 19.8. The number of fused-ring (bicyclic) bond motifs is 1. The van der Waals surface area contributed by atoms with E-state index < -0.39 is 0 Å². The van der Waals surface area contributed by atoms with Gasteiger partial charge in [-0.15, -0.1) is 0 Å². The van der Waals surface area contributed by atoms with Crippen LogP contribution in [0.15, 0.2) is 46.3 Å². The van der Waals surface area contributed by atoms with E-state index in [0.717, 1.165) is 49.4 Å². The summed E-state index contributed by atoms with van der Waals surface area (Å²) in [5.74, 6) is 0.740. The number of pyridine rings is 1. The van der Waals surface area contributed by atoms with Crippen LogP contribution in [0, 0.1) is 0 Å². The molecule has 170 valence electrons. The van der Waals surface area contributed by atoms with Gasteiger partial charge in [0.05, 0.1) is 12.6 Å². The molecule has 0 saturated carbocycles. The number of hydrogen-bond donors (Lipinski definition) is 1. The number of hydrogen-bond acceptors (Lipinski definition) is 4. The summed E-state index contributed by atoms with van der Waals surface area (Å²) in [5.41, 5.74) is 9.88. The molecule has 0 radical (unpaired) electrons. The van der Waals surface area contributed by atoms with Crippen molar-refractivity contribution in [3.63, 3.8) is 0 Å². The van der Waals surface area contributed by atoms with E-state index >= 15 is 0 Å². The van der Waals surface area contributed by atoms with Gasteiger partial charge >= 0.3 is 0 Å². The van der Waals surface area contributed by atoms with Gasteiger partial charge in [0.25, 0.3) is 5.56 Å². The number of benzene rings is 1.